The number of thiophene rings is 1. The van der Waals surface area contributed by atoms with Crippen molar-refractivity contribution in [3.63, 3.8) is 0 Å². The second-order valence-electron chi connectivity index (χ2n) is 5.12. The first kappa shape index (κ1) is 12.6. The third-order valence-corrected chi connectivity index (χ3v) is 4.13. The lowest BCUT2D eigenvalue weighted by molar-refractivity contribution is 0.281. The Hall–Kier alpha value is -1.39. The van der Waals surface area contributed by atoms with E-state index in [4.69, 9.17) is 0 Å². The lowest BCUT2D eigenvalue weighted by atomic mass is 10.2. The fraction of sp³-hybridized carbons (Fsp3) is 0.400. The number of nitrogens with zero attached hydrogens (tertiary/aromatic N) is 2. The highest BCUT2D eigenvalue weighted by atomic mass is 32.1. The molecule has 0 spiro atoms. The third-order valence-electron chi connectivity index (χ3n) is 3.40. The maximum absolute atomic E-state index is 9.33. The fourth-order valence-corrected chi connectivity index (χ4v) is 2.98. The van der Waals surface area contributed by atoms with Crippen LogP contribution in [0.3, 0.4) is 0 Å². The number of aliphatic hydroxyl groups excluding tert-OH is 1. The van der Waals surface area contributed by atoms with Crippen LogP contribution in [0.4, 0.5) is 5.82 Å². The van der Waals surface area contributed by atoms with Gasteiger partial charge in [0.2, 0.25) is 0 Å². The minimum Gasteiger partial charge on any atom is -0.392 e. The molecule has 100 valence electrons. The number of anilines is 1. The lowest BCUT2D eigenvalue weighted by Crippen LogP contribution is -2.26. The Labute approximate surface area is 117 Å². The average Bonchev–Trinajstić information content (AvgIpc) is 3.12. The van der Waals surface area contributed by atoms with Gasteiger partial charge in [0, 0.05) is 18.3 Å². The van der Waals surface area contributed by atoms with Crippen LogP contribution in [0.25, 0.3) is 0 Å². The summed E-state index contributed by atoms with van der Waals surface area (Å²) in [5.74, 6) is 0.998. The molecule has 4 heteroatoms. The molecule has 3 rings (SSSR count). The number of pyridine rings is 1. The van der Waals surface area contributed by atoms with Crippen LogP contribution in [0.5, 0.6) is 0 Å². The molecule has 2 heterocycles. The molecular weight excluding hydrogens is 256 g/mol. The first-order valence-corrected chi connectivity index (χ1v) is 7.56. The van der Waals surface area contributed by atoms with E-state index in [-0.39, 0.29) is 6.61 Å². The third kappa shape index (κ3) is 2.96. The SMILES string of the molecule is Cc1cc(CO)cc(N(Cc2ccsc2)C2CC2)n1. The van der Waals surface area contributed by atoms with E-state index in [2.05, 4.69) is 26.7 Å². The van der Waals surface area contributed by atoms with Gasteiger partial charge in [-0.3, -0.25) is 0 Å². The smallest absolute Gasteiger partial charge is 0.129 e. The topological polar surface area (TPSA) is 36.4 Å². The van der Waals surface area contributed by atoms with Crippen LogP contribution >= 0.6 is 11.3 Å². The zero-order chi connectivity index (χ0) is 13.2. The Bertz CT molecular complexity index is 549. The molecule has 0 saturated heterocycles. The van der Waals surface area contributed by atoms with Gasteiger partial charge in [0.1, 0.15) is 5.82 Å². The molecule has 0 aliphatic heterocycles. The van der Waals surface area contributed by atoms with Crippen LogP contribution in [-0.2, 0) is 13.2 Å². The Morgan fingerprint density at radius 1 is 1.37 bits per heavy atom. The Morgan fingerprint density at radius 2 is 2.21 bits per heavy atom. The van der Waals surface area contributed by atoms with Crippen LogP contribution in [0.1, 0.15) is 29.7 Å². The van der Waals surface area contributed by atoms with Crippen molar-refractivity contribution in [3.8, 4) is 0 Å². The summed E-state index contributed by atoms with van der Waals surface area (Å²) in [5, 5.41) is 13.6. The normalized spacial score (nSPS) is 14.6. The van der Waals surface area contributed by atoms with Gasteiger partial charge in [-0.25, -0.2) is 4.98 Å². The molecule has 0 unspecified atom stereocenters. The number of aliphatic hydroxyl groups is 1. The number of hydrogen-bond acceptors (Lipinski definition) is 4. The number of aryl methyl sites for hydroxylation is 1. The molecule has 3 nitrogen and oxygen atoms in total. The van der Waals surface area contributed by atoms with Crippen LogP contribution in [0, 0.1) is 6.92 Å². The number of rotatable bonds is 5. The Morgan fingerprint density at radius 3 is 2.84 bits per heavy atom. The van der Waals surface area contributed by atoms with E-state index in [1.807, 2.05) is 19.1 Å². The van der Waals surface area contributed by atoms with E-state index >= 15 is 0 Å². The summed E-state index contributed by atoms with van der Waals surface area (Å²) in [4.78, 5) is 7.01. The zero-order valence-corrected chi connectivity index (χ0v) is 11.9. The summed E-state index contributed by atoms with van der Waals surface area (Å²) in [7, 11) is 0. The van der Waals surface area contributed by atoms with E-state index in [1.165, 1.54) is 18.4 Å². The largest absolute Gasteiger partial charge is 0.392 e. The lowest BCUT2D eigenvalue weighted by Gasteiger charge is -2.24. The van der Waals surface area contributed by atoms with Crippen LogP contribution < -0.4 is 4.90 Å². The Balaban J connectivity index is 1.89. The van der Waals surface area contributed by atoms with Gasteiger partial charge in [0.25, 0.3) is 0 Å². The predicted molar refractivity (Wildman–Crippen MR) is 78.4 cm³/mol. The van der Waals surface area contributed by atoms with Crippen molar-refractivity contribution in [2.45, 2.75) is 39.0 Å². The van der Waals surface area contributed by atoms with Gasteiger partial charge in [-0.2, -0.15) is 11.3 Å². The van der Waals surface area contributed by atoms with Gasteiger partial charge in [0.15, 0.2) is 0 Å². The van der Waals surface area contributed by atoms with E-state index in [0.717, 1.165) is 23.6 Å². The highest BCUT2D eigenvalue weighted by Crippen LogP contribution is 2.33. The molecule has 0 bridgehead atoms. The standard InChI is InChI=1S/C15H18N2OS/c1-11-6-13(9-18)7-15(16-11)17(14-2-3-14)8-12-4-5-19-10-12/h4-7,10,14,18H,2-3,8-9H2,1H3. The van der Waals surface area contributed by atoms with Crippen molar-refractivity contribution >= 4 is 17.2 Å². The molecule has 19 heavy (non-hydrogen) atoms. The monoisotopic (exact) mass is 274 g/mol. The van der Waals surface area contributed by atoms with Crippen LogP contribution in [0.15, 0.2) is 29.0 Å². The van der Waals surface area contributed by atoms with E-state index in [0.29, 0.717) is 6.04 Å². The molecule has 0 amide bonds. The fourth-order valence-electron chi connectivity index (χ4n) is 2.32. The molecule has 1 fully saturated rings. The second kappa shape index (κ2) is 5.31. The summed E-state index contributed by atoms with van der Waals surface area (Å²) in [6.45, 7) is 2.97. The average molecular weight is 274 g/mol. The van der Waals surface area contributed by atoms with Gasteiger partial charge in [0.05, 0.1) is 6.61 Å². The van der Waals surface area contributed by atoms with Crippen molar-refractivity contribution < 1.29 is 5.11 Å². The maximum atomic E-state index is 9.33. The Kier molecular flexibility index (Phi) is 3.53. The molecule has 1 aliphatic carbocycles. The number of hydrogen-bond donors (Lipinski definition) is 1. The van der Waals surface area contributed by atoms with Crippen molar-refractivity contribution in [3.05, 3.63) is 45.8 Å². The van der Waals surface area contributed by atoms with Crippen LogP contribution in [0.2, 0.25) is 0 Å². The molecule has 0 radical (unpaired) electrons. The molecule has 2 aromatic rings. The summed E-state index contributed by atoms with van der Waals surface area (Å²) in [6, 6.07) is 6.74. The predicted octanol–water partition coefficient (Wildman–Crippen LogP) is 3.11. The quantitative estimate of drug-likeness (QED) is 0.910. The highest BCUT2D eigenvalue weighted by molar-refractivity contribution is 7.07. The summed E-state index contributed by atoms with van der Waals surface area (Å²) in [5.41, 5.74) is 3.25. The zero-order valence-electron chi connectivity index (χ0n) is 11.0. The van der Waals surface area contributed by atoms with Gasteiger partial charge < -0.3 is 10.0 Å². The van der Waals surface area contributed by atoms with E-state index < -0.39 is 0 Å². The molecule has 1 aliphatic rings. The molecule has 2 aromatic heterocycles. The minimum atomic E-state index is 0.0767. The molecule has 1 N–H and O–H groups in total. The minimum absolute atomic E-state index is 0.0767. The van der Waals surface area contributed by atoms with Gasteiger partial charge in [-0.05, 0) is 59.9 Å². The molecule has 1 saturated carbocycles. The van der Waals surface area contributed by atoms with E-state index in [9.17, 15) is 5.11 Å². The van der Waals surface area contributed by atoms with Crippen molar-refractivity contribution in [2.24, 2.45) is 0 Å². The molecular formula is C15H18N2OS. The number of aromatic nitrogens is 1. The summed E-state index contributed by atoms with van der Waals surface area (Å²) >= 11 is 1.73. The van der Waals surface area contributed by atoms with E-state index in [1.54, 1.807) is 11.3 Å². The van der Waals surface area contributed by atoms with Crippen LogP contribution in [-0.4, -0.2) is 16.1 Å². The first-order valence-electron chi connectivity index (χ1n) is 6.62. The summed E-state index contributed by atoms with van der Waals surface area (Å²) in [6.07, 6.45) is 2.49. The molecule has 0 atom stereocenters. The summed E-state index contributed by atoms with van der Waals surface area (Å²) < 4.78 is 0. The first-order chi connectivity index (χ1) is 9.26. The van der Waals surface area contributed by atoms with Crippen molar-refractivity contribution in [1.29, 1.82) is 0 Å². The highest BCUT2D eigenvalue weighted by Gasteiger charge is 2.30. The van der Waals surface area contributed by atoms with Gasteiger partial charge in [-0.1, -0.05) is 0 Å². The van der Waals surface area contributed by atoms with Gasteiger partial charge in [-0.15, -0.1) is 0 Å². The second-order valence-corrected chi connectivity index (χ2v) is 5.90. The van der Waals surface area contributed by atoms with Gasteiger partial charge >= 0.3 is 0 Å². The van der Waals surface area contributed by atoms with Crippen molar-refractivity contribution in [1.82, 2.24) is 4.98 Å². The maximum Gasteiger partial charge on any atom is 0.129 e. The van der Waals surface area contributed by atoms with Crippen molar-refractivity contribution in [2.75, 3.05) is 4.90 Å². The molecule has 0 aromatic carbocycles.